The number of rotatable bonds is 3. The first kappa shape index (κ1) is 12.0. The third-order valence-electron chi connectivity index (χ3n) is 3.23. The average molecular weight is 237 g/mol. The second kappa shape index (κ2) is 4.77. The molecule has 94 valence electrons. The van der Waals surface area contributed by atoms with Crippen molar-refractivity contribution >= 4 is 11.9 Å². The zero-order chi connectivity index (χ0) is 12.4. The standard InChI is InChI=1S/C12H19N3O2/c1-4-10-8(3)6-13-12-14-9(7-15(10)12)11(16)17-5-2/h7-8,10H,4-6H2,1-3H3,(H,13,14). The summed E-state index contributed by atoms with van der Waals surface area (Å²) in [5, 5.41) is 3.24. The maximum atomic E-state index is 11.6. The molecular formula is C12H19N3O2. The Morgan fingerprint density at radius 2 is 2.41 bits per heavy atom. The van der Waals surface area contributed by atoms with Gasteiger partial charge in [-0.05, 0) is 19.3 Å². The molecule has 2 rings (SSSR count). The highest BCUT2D eigenvalue weighted by Gasteiger charge is 2.27. The number of carbonyl (C=O) groups excluding carboxylic acids is 1. The van der Waals surface area contributed by atoms with Crippen LogP contribution in [0, 0.1) is 5.92 Å². The van der Waals surface area contributed by atoms with Crippen LogP contribution in [-0.2, 0) is 4.74 Å². The molecule has 1 aromatic heterocycles. The highest BCUT2D eigenvalue weighted by Crippen LogP contribution is 2.30. The van der Waals surface area contributed by atoms with Gasteiger partial charge in [-0.25, -0.2) is 9.78 Å². The topological polar surface area (TPSA) is 56.2 Å². The van der Waals surface area contributed by atoms with E-state index in [-0.39, 0.29) is 5.97 Å². The molecule has 17 heavy (non-hydrogen) atoms. The molecule has 2 unspecified atom stereocenters. The first-order valence-electron chi connectivity index (χ1n) is 6.17. The van der Waals surface area contributed by atoms with Gasteiger partial charge in [0.25, 0.3) is 0 Å². The number of anilines is 1. The molecule has 2 atom stereocenters. The SMILES string of the molecule is CCOC(=O)c1cn2c(n1)NCC(C)C2CC. The summed E-state index contributed by atoms with van der Waals surface area (Å²) in [6.45, 7) is 7.43. The Morgan fingerprint density at radius 3 is 3.06 bits per heavy atom. The van der Waals surface area contributed by atoms with E-state index < -0.39 is 0 Å². The smallest absolute Gasteiger partial charge is 0.358 e. The van der Waals surface area contributed by atoms with E-state index in [0.717, 1.165) is 18.9 Å². The van der Waals surface area contributed by atoms with Crippen LogP contribution in [0.1, 0.15) is 43.7 Å². The van der Waals surface area contributed by atoms with Crippen molar-refractivity contribution in [1.82, 2.24) is 9.55 Å². The van der Waals surface area contributed by atoms with Gasteiger partial charge in [0.2, 0.25) is 5.95 Å². The predicted octanol–water partition coefficient (Wildman–Crippen LogP) is 2.07. The van der Waals surface area contributed by atoms with Crippen LogP contribution in [0.4, 0.5) is 5.95 Å². The lowest BCUT2D eigenvalue weighted by Gasteiger charge is -2.30. The van der Waals surface area contributed by atoms with E-state index in [1.807, 2.05) is 0 Å². The number of hydrogen-bond acceptors (Lipinski definition) is 4. The summed E-state index contributed by atoms with van der Waals surface area (Å²) in [4.78, 5) is 15.9. The van der Waals surface area contributed by atoms with E-state index in [2.05, 4.69) is 28.7 Å². The minimum Gasteiger partial charge on any atom is -0.461 e. The van der Waals surface area contributed by atoms with Gasteiger partial charge in [-0.2, -0.15) is 0 Å². The van der Waals surface area contributed by atoms with Gasteiger partial charge in [-0.3, -0.25) is 0 Å². The maximum absolute atomic E-state index is 11.6. The molecule has 1 aliphatic rings. The third-order valence-corrected chi connectivity index (χ3v) is 3.23. The van der Waals surface area contributed by atoms with Crippen LogP contribution < -0.4 is 5.32 Å². The number of esters is 1. The Hall–Kier alpha value is -1.52. The summed E-state index contributed by atoms with van der Waals surface area (Å²) >= 11 is 0. The fourth-order valence-electron chi connectivity index (χ4n) is 2.34. The van der Waals surface area contributed by atoms with Crippen LogP contribution >= 0.6 is 0 Å². The number of ether oxygens (including phenoxy) is 1. The molecule has 1 aliphatic heterocycles. The number of nitrogens with one attached hydrogen (secondary N) is 1. The second-order valence-corrected chi connectivity index (χ2v) is 4.41. The lowest BCUT2D eigenvalue weighted by atomic mass is 9.98. The van der Waals surface area contributed by atoms with Gasteiger partial charge < -0.3 is 14.6 Å². The average Bonchev–Trinajstić information content (AvgIpc) is 2.73. The molecule has 0 amide bonds. The quantitative estimate of drug-likeness (QED) is 0.818. The molecule has 0 spiro atoms. The predicted molar refractivity (Wildman–Crippen MR) is 65.2 cm³/mol. The zero-order valence-electron chi connectivity index (χ0n) is 10.6. The zero-order valence-corrected chi connectivity index (χ0v) is 10.6. The minimum absolute atomic E-state index is 0.348. The Balaban J connectivity index is 2.28. The molecule has 0 aliphatic carbocycles. The van der Waals surface area contributed by atoms with Crippen LogP contribution in [-0.4, -0.2) is 28.7 Å². The molecule has 0 bridgehead atoms. The molecule has 1 aromatic rings. The number of nitrogens with zero attached hydrogens (tertiary/aromatic N) is 2. The van der Waals surface area contributed by atoms with Crippen LogP contribution in [0.5, 0.6) is 0 Å². The van der Waals surface area contributed by atoms with Crippen molar-refractivity contribution in [1.29, 1.82) is 0 Å². The molecule has 0 radical (unpaired) electrons. The normalized spacial score (nSPS) is 22.8. The van der Waals surface area contributed by atoms with E-state index in [1.165, 1.54) is 0 Å². The third kappa shape index (κ3) is 2.14. The number of carbonyl (C=O) groups is 1. The summed E-state index contributed by atoms with van der Waals surface area (Å²) in [6.07, 6.45) is 2.83. The summed E-state index contributed by atoms with van der Waals surface area (Å²) in [7, 11) is 0. The fraction of sp³-hybridized carbons (Fsp3) is 0.667. The maximum Gasteiger partial charge on any atom is 0.358 e. The highest BCUT2D eigenvalue weighted by atomic mass is 16.5. The van der Waals surface area contributed by atoms with Gasteiger partial charge in [-0.15, -0.1) is 0 Å². The van der Waals surface area contributed by atoms with Crippen molar-refractivity contribution in [2.24, 2.45) is 5.92 Å². The summed E-state index contributed by atoms with van der Waals surface area (Å²) in [5.41, 5.74) is 0.391. The molecule has 5 heteroatoms. The van der Waals surface area contributed by atoms with E-state index in [9.17, 15) is 4.79 Å². The second-order valence-electron chi connectivity index (χ2n) is 4.41. The van der Waals surface area contributed by atoms with Gasteiger partial charge in [0.15, 0.2) is 5.69 Å². The summed E-state index contributed by atoms with van der Waals surface area (Å²) in [5.74, 6) is 0.966. The van der Waals surface area contributed by atoms with Gasteiger partial charge >= 0.3 is 5.97 Å². The van der Waals surface area contributed by atoms with Crippen molar-refractivity contribution in [3.8, 4) is 0 Å². The molecular weight excluding hydrogens is 218 g/mol. The van der Waals surface area contributed by atoms with Crippen molar-refractivity contribution in [3.63, 3.8) is 0 Å². The summed E-state index contributed by atoms with van der Waals surface area (Å²) < 4.78 is 7.01. The van der Waals surface area contributed by atoms with Crippen molar-refractivity contribution in [2.75, 3.05) is 18.5 Å². The number of imidazole rings is 1. The molecule has 2 heterocycles. The van der Waals surface area contributed by atoms with Crippen molar-refractivity contribution < 1.29 is 9.53 Å². The van der Waals surface area contributed by atoms with Crippen molar-refractivity contribution in [2.45, 2.75) is 33.2 Å². The Labute approximate surface area is 101 Å². The molecule has 1 N–H and O–H groups in total. The lowest BCUT2D eigenvalue weighted by Crippen LogP contribution is -2.30. The van der Waals surface area contributed by atoms with Gasteiger partial charge in [0.05, 0.1) is 6.61 Å². The number of aromatic nitrogens is 2. The van der Waals surface area contributed by atoms with Crippen LogP contribution in [0.2, 0.25) is 0 Å². The molecule has 5 nitrogen and oxygen atoms in total. The van der Waals surface area contributed by atoms with Gasteiger partial charge in [-0.1, -0.05) is 13.8 Å². The minimum atomic E-state index is -0.348. The Bertz CT molecular complexity index is 414. The van der Waals surface area contributed by atoms with Crippen molar-refractivity contribution in [3.05, 3.63) is 11.9 Å². The van der Waals surface area contributed by atoms with E-state index in [0.29, 0.717) is 24.3 Å². The van der Waals surface area contributed by atoms with Crippen LogP contribution in [0.3, 0.4) is 0 Å². The highest BCUT2D eigenvalue weighted by molar-refractivity contribution is 5.87. The molecule has 0 saturated heterocycles. The monoisotopic (exact) mass is 237 g/mol. The van der Waals surface area contributed by atoms with Crippen LogP contribution in [0.15, 0.2) is 6.20 Å². The number of fused-ring (bicyclic) bond motifs is 1. The van der Waals surface area contributed by atoms with E-state index >= 15 is 0 Å². The lowest BCUT2D eigenvalue weighted by molar-refractivity contribution is 0.0520. The van der Waals surface area contributed by atoms with Crippen LogP contribution in [0.25, 0.3) is 0 Å². The Kier molecular flexibility index (Phi) is 3.36. The first-order chi connectivity index (χ1) is 8.17. The molecule has 0 aromatic carbocycles. The largest absolute Gasteiger partial charge is 0.461 e. The van der Waals surface area contributed by atoms with Gasteiger partial charge in [0.1, 0.15) is 0 Å². The first-order valence-corrected chi connectivity index (χ1v) is 6.17. The van der Waals surface area contributed by atoms with Gasteiger partial charge in [0, 0.05) is 18.8 Å². The van der Waals surface area contributed by atoms with E-state index in [1.54, 1.807) is 13.1 Å². The fourth-order valence-corrected chi connectivity index (χ4v) is 2.34. The molecule has 0 saturated carbocycles. The molecule has 0 fully saturated rings. The van der Waals surface area contributed by atoms with E-state index in [4.69, 9.17) is 4.74 Å². The number of hydrogen-bond donors (Lipinski definition) is 1. The summed E-state index contributed by atoms with van der Waals surface area (Å²) in [6, 6.07) is 0.405. The Morgan fingerprint density at radius 1 is 1.65 bits per heavy atom.